The highest BCUT2D eigenvalue weighted by Crippen LogP contribution is 2.22. The number of hydrogen-bond donors (Lipinski definition) is 0. The van der Waals surface area contributed by atoms with Crippen LogP contribution in [0.5, 0.6) is 0 Å². The molecule has 96 valence electrons. The predicted octanol–water partition coefficient (Wildman–Crippen LogP) is 3.00. The third-order valence-corrected chi connectivity index (χ3v) is 4.29. The molecule has 5 heteroatoms. The number of carbonyl (C=O) groups excluding carboxylic acids is 2. The van der Waals surface area contributed by atoms with Gasteiger partial charge in [0.15, 0.2) is 0 Å². The molecule has 3 nitrogen and oxygen atoms in total. The number of likely N-dealkylation sites (tertiary alicyclic amines) is 1. The Bertz CT molecular complexity index is 504. The second-order valence-corrected chi connectivity index (χ2v) is 6.09. The van der Waals surface area contributed by atoms with E-state index >= 15 is 0 Å². The number of piperidine rings is 1. The molecule has 1 aliphatic rings. The number of rotatable bonds is 1. The molecule has 0 spiro atoms. The zero-order chi connectivity index (χ0) is 13.3. The molecule has 18 heavy (non-hydrogen) atoms. The fourth-order valence-corrected chi connectivity index (χ4v) is 2.77. The molecule has 1 aromatic rings. The van der Waals surface area contributed by atoms with E-state index in [9.17, 15) is 9.59 Å². The Kier molecular flexibility index (Phi) is 4.27. The largest absolute Gasteiger partial charge is 0.337 e. The second kappa shape index (κ2) is 5.57. The van der Waals surface area contributed by atoms with Gasteiger partial charge in [-0.25, -0.2) is 0 Å². The van der Waals surface area contributed by atoms with Crippen molar-refractivity contribution in [1.82, 2.24) is 4.90 Å². The van der Waals surface area contributed by atoms with Gasteiger partial charge in [-0.2, -0.15) is 0 Å². The van der Waals surface area contributed by atoms with Gasteiger partial charge in [0.1, 0.15) is 5.78 Å². The summed E-state index contributed by atoms with van der Waals surface area (Å²) in [5, 5.41) is 0.555. The van der Waals surface area contributed by atoms with E-state index in [1.807, 2.05) is 13.0 Å². The molecule has 0 saturated carbocycles. The van der Waals surface area contributed by atoms with Gasteiger partial charge in [-0.1, -0.05) is 18.5 Å². The van der Waals surface area contributed by atoms with Crippen LogP contribution in [-0.4, -0.2) is 29.7 Å². The summed E-state index contributed by atoms with van der Waals surface area (Å²) in [7, 11) is 0. The fraction of sp³-hybridized carbons (Fsp3) is 0.385. The third-order valence-electron chi connectivity index (χ3n) is 3.12. The normalized spacial score (nSPS) is 20.1. The first-order valence-corrected chi connectivity index (χ1v) is 7.21. The highest BCUT2D eigenvalue weighted by molar-refractivity contribution is 14.1. The lowest BCUT2D eigenvalue weighted by atomic mass is 9.98. The first-order chi connectivity index (χ1) is 8.49. The maximum Gasteiger partial charge on any atom is 0.255 e. The van der Waals surface area contributed by atoms with E-state index in [0.717, 1.165) is 3.57 Å². The standard InChI is InChI=1S/C13H13ClINO2/c1-8-7-16(5-4-12(8)17)13(18)10-6-9(14)2-3-11(10)15/h2-3,6,8H,4-5,7H2,1H3. The van der Waals surface area contributed by atoms with Crippen molar-refractivity contribution in [2.45, 2.75) is 13.3 Å². The molecular weight excluding hydrogens is 365 g/mol. The van der Waals surface area contributed by atoms with E-state index in [-0.39, 0.29) is 17.6 Å². The van der Waals surface area contributed by atoms with E-state index in [4.69, 9.17) is 11.6 Å². The van der Waals surface area contributed by atoms with Crippen LogP contribution in [0.4, 0.5) is 0 Å². The smallest absolute Gasteiger partial charge is 0.255 e. The van der Waals surface area contributed by atoms with Crippen LogP contribution in [0.3, 0.4) is 0 Å². The molecule has 0 N–H and O–H groups in total. The molecule has 0 aromatic heterocycles. The Morgan fingerprint density at radius 3 is 2.89 bits per heavy atom. The summed E-state index contributed by atoms with van der Waals surface area (Å²) in [6.07, 6.45) is 0.448. The molecule has 1 atom stereocenters. The van der Waals surface area contributed by atoms with Gasteiger partial charge < -0.3 is 4.90 Å². The topological polar surface area (TPSA) is 37.4 Å². The van der Waals surface area contributed by atoms with Crippen molar-refractivity contribution in [2.75, 3.05) is 13.1 Å². The molecule has 1 amide bonds. The molecule has 1 aromatic carbocycles. The lowest BCUT2D eigenvalue weighted by molar-refractivity contribution is -0.124. The summed E-state index contributed by atoms with van der Waals surface area (Å²) in [6.45, 7) is 2.87. The highest BCUT2D eigenvalue weighted by Gasteiger charge is 2.28. The van der Waals surface area contributed by atoms with E-state index in [0.29, 0.717) is 30.1 Å². The van der Waals surface area contributed by atoms with Crippen LogP contribution in [0, 0.1) is 9.49 Å². The van der Waals surface area contributed by atoms with Gasteiger partial charge in [-0.3, -0.25) is 9.59 Å². The highest BCUT2D eigenvalue weighted by atomic mass is 127. The number of hydrogen-bond acceptors (Lipinski definition) is 2. The average Bonchev–Trinajstić information content (AvgIpc) is 2.35. The van der Waals surface area contributed by atoms with Crippen LogP contribution >= 0.6 is 34.2 Å². The zero-order valence-electron chi connectivity index (χ0n) is 9.95. The van der Waals surface area contributed by atoms with Crippen molar-refractivity contribution < 1.29 is 9.59 Å². The summed E-state index contributed by atoms with van der Waals surface area (Å²) in [6, 6.07) is 5.28. The zero-order valence-corrected chi connectivity index (χ0v) is 12.9. The Morgan fingerprint density at radius 1 is 1.50 bits per heavy atom. The summed E-state index contributed by atoms with van der Waals surface area (Å²) in [4.78, 5) is 25.6. The lowest BCUT2D eigenvalue weighted by Gasteiger charge is -2.30. The maximum atomic E-state index is 12.4. The summed E-state index contributed by atoms with van der Waals surface area (Å²) in [5.74, 6) is 0.126. The maximum absolute atomic E-state index is 12.4. The Labute approximate surface area is 125 Å². The molecule has 1 aliphatic heterocycles. The minimum Gasteiger partial charge on any atom is -0.337 e. The average molecular weight is 378 g/mol. The van der Waals surface area contributed by atoms with Crippen molar-refractivity contribution >= 4 is 45.9 Å². The van der Waals surface area contributed by atoms with Crippen LogP contribution < -0.4 is 0 Å². The fourth-order valence-electron chi connectivity index (χ4n) is 2.03. The second-order valence-electron chi connectivity index (χ2n) is 4.49. The van der Waals surface area contributed by atoms with Gasteiger partial charge in [-0.15, -0.1) is 0 Å². The van der Waals surface area contributed by atoms with E-state index in [2.05, 4.69) is 22.6 Å². The third kappa shape index (κ3) is 2.85. The van der Waals surface area contributed by atoms with Gasteiger partial charge in [0.2, 0.25) is 0 Å². The van der Waals surface area contributed by atoms with Gasteiger partial charge in [0, 0.05) is 34.0 Å². The first-order valence-electron chi connectivity index (χ1n) is 5.76. The molecule has 2 rings (SSSR count). The summed E-state index contributed by atoms with van der Waals surface area (Å²) < 4.78 is 0.881. The van der Waals surface area contributed by atoms with Crippen molar-refractivity contribution in [3.63, 3.8) is 0 Å². The lowest BCUT2D eigenvalue weighted by Crippen LogP contribution is -2.43. The van der Waals surface area contributed by atoms with Crippen LogP contribution in [0.1, 0.15) is 23.7 Å². The van der Waals surface area contributed by atoms with Crippen molar-refractivity contribution in [2.24, 2.45) is 5.92 Å². The van der Waals surface area contributed by atoms with Gasteiger partial charge in [-0.05, 0) is 40.8 Å². The molecule has 1 heterocycles. The van der Waals surface area contributed by atoms with E-state index < -0.39 is 0 Å². The molecule has 0 bridgehead atoms. The van der Waals surface area contributed by atoms with Crippen molar-refractivity contribution in [1.29, 1.82) is 0 Å². The number of benzene rings is 1. The minimum absolute atomic E-state index is 0.0405. The van der Waals surface area contributed by atoms with Gasteiger partial charge in [0.05, 0.1) is 5.56 Å². The van der Waals surface area contributed by atoms with Crippen molar-refractivity contribution in [3.8, 4) is 0 Å². The first kappa shape index (κ1) is 13.8. The Hall–Kier alpha value is -0.620. The molecule has 1 unspecified atom stereocenters. The van der Waals surface area contributed by atoms with Crippen LogP contribution in [-0.2, 0) is 4.79 Å². The van der Waals surface area contributed by atoms with Gasteiger partial charge >= 0.3 is 0 Å². The number of carbonyl (C=O) groups is 2. The summed E-state index contributed by atoms with van der Waals surface area (Å²) in [5.41, 5.74) is 0.615. The Balaban J connectivity index is 2.21. The number of ketones is 1. The van der Waals surface area contributed by atoms with Gasteiger partial charge in [0.25, 0.3) is 5.91 Å². The number of halogens is 2. The molecular formula is C13H13ClINO2. The van der Waals surface area contributed by atoms with Crippen LogP contribution in [0.15, 0.2) is 18.2 Å². The molecule has 1 saturated heterocycles. The van der Waals surface area contributed by atoms with E-state index in [1.165, 1.54) is 0 Å². The molecule has 0 radical (unpaired) electrons. The molecule has 0 aliphatic carbocycles. The number of nitrogens with zero attached hydrogens (tertiary/aromatic N) is 1. The van der Waals surface area contributed by atoms with Crippen molar-refractivity contribution in [3.05, 3.63) is 32.4 Å². The minimum atomic E-state index is -0.0699. The van der Waals surface area contributed by atoms with Crippen LogP contribution in [0.2, 0.25) is 5.02 Å². The van der Waals surface area contributed by atoms with E-state index in [1.54, 1.807) is 17.0 Å². The molecule has 1 fully saturated rings. The summed E-state index contributed by atoms with van der Waals surface area (Å²) >= 11 is 8.05. The monoisotopic (exact) mass is 377 g/mol. The predicted molar refractivity (Wildman–Crippen MR) is 78.9 cm³/mol. The Morgan fingerprint density at radius 2 is 2.22 bits per heavy atom. The van der Waals surface area contributed by atoms with Crippen LogP contribution in [0.25, 0.3) is 0 Å². The number of amides is 1. The SMILES string of the molecule is CC1CN(C(=O)c2cc(Cl)ccc2I)CCC1=O. The number of Topliss-reactive ketones (excluding diaryl/α,β-unsaturated/α-hetero) is 1. The quantitative estimate of drug-likeness (QED) is 0.706.